The van der Waals surface area contributed by atoms with Crippen LogP contribution in [0, 0.1) is 5.92 Å². The highest BCUT2D eigenvalue weighted by atomic mass is 16.5. The number of likely N-dealkylation sites (N-methyl/N-ethyl adjacent to an activating group) is 1. The minimum atomic E-state index is 0.411. The molecule has 0 aromatic carbocycles. The Labute approximate surface area is 110 Å². The van der Waals surface area contributed by atoms with Gasteiger partial charge in [-0.25, -0.2) is 4.98 Å². The number of ether oxygens (including phenoxy) is 1. The summed E-state index contributed by atoms with van der Waals surface area (Å²) in [5, 5.41) is 3.62. The number of nitrogens with one attached hydrogen (secondary N) is 1. The first-order valence-electron chi connectivity index (χ1n) is 7.07. The molecule has 0 saturated carbocycles. The average Bonchev–Trinajstić information content (AvgIpc) is 2.98. The molecule has 0 aliphatic carbocycles. The summed E-state index contributed by atoms with van der Waals surface area (Å²) in [7, 11) is 2.06. The lowest BCUT2D eigenvalue weighted by molar-refractivity contribution is 0.0774. The third-order valence-electron chi connectivity index (χ3n) is 3.97. The summed E-state index contributed by atoms with van der Waals surface area (Å²) in [5.74, 6) is 1.77. The molecule has 1 fully saturated rings. The fourth-order valence-electron chi connectivity index (χ4n) is 2.97. The Hall–Kier alpha value is -0.870. The molecule has 0 bridgehead atoms. The van der Waals surface area contributed by atoms with Gasteiger partial charge in [0.05, 0.1) is 6.10 Å². The van der Waals surface area contributed by atoms with E-state index in [1.807, 2.05) is 12.4 Å². The van der Waals surface area contributed by atoms with E-state index in [-0.39, 0.29) is 0 Å². The minimum Gasteiger partial charge on any atom is -0.378 e. The summed E-state index contributed by atoms with van der Waals surface area (Å²) in [6, 6.07) is 0.476. The Morgan fingerprint density at radius 3 is 3.00 bits per heavy atom. The van der Waals surface area contributed by atoms with Gasteiger partial charge in [-0.3, -0.25) is 0 Å². The van der Waals surface area contributed by atoms with Crippen LogP contribution in [0.15, 0.2) is 12.4 Å². The molecule has 102 valence electrons. The van der Waals surface area contributed by atoms with Crippen LogP contribution in [0.5, 0.6) is 0 Å². The number of nitrogens with zero attached hydrogens (tertiary/aromatic N) is 2. The van der Waals surface area contributed by atoms with E-state index in [1.54, 1.807) is 0 Å². The molecule has 0 radical (unpaired) electrons. The van der Waals surface area contributed by atoms with E-state index in [2.05, 4.69) is 35.8 Å². The Kier molecular flexibility index (Phi) is 4.78. The third-order valence-corrected chi connectivity index (χ3v) is 3.97. The van der Waals surface area contributed by atoms with Gasteiger partial charge < -0.3 is 14.6 Å². The van der Waals surface area contributed by atoms with Crippen LogP contribution >= 0.6 is 0 Å². The smallest absolute Gasteiger partial charge is 0.109 e. The van der Waals surface area contributed by atoms with E-state index >= 15 is 0 Å². The highest BCUT2D eigenvalue weighted by Gasteiger charge is 2.33. The van der Waals surface area contributed by atoms with Gasteiger partial charge in [-0.05, 0) is 19.4 Å². The van der Waals surface area contributed by atoms with Crippen molar-refractivity contribution in [1.82, 2.24) is 14.9 Å². The van der Waals surface area contributed by atoms with Crippen LogP contribution in [0.25, 0.3) is 0 Å². The molecule has 4 heteroatoms. The van der Waals surface area contributed by atoms with Crippen molar-refractivity contribution in [2.75, 3.05) is 13.2 Å². The summed E-state index contributed by atoms with van der Waals surface area (Å²) in [4.78, 5) is 4.44. The molecule has 3 unspecified atom stereocenters. The second kappa shape index (κ2) is 6.34. The summed E-state index contributed by atoms with van der Waals surface area (Å²) < 4.78 is 7.94. The average molecular weight is 251 g/mol. The van der Waals surface area contributed by atoms with Crippen molar-refractivity contribution < 1.29 is 4.74 Å². The van der Waals surface area contributed by atoms with Gasteiger partial charge in [-0.15, -0.1) is 0 Å². The number of hydrogen-bond donors (Lipinski definition) is 1. The maximum atomic E-state index is 5.82. The zero-order valence-corrected chi connectivity index (χ0v) is 11.7. The highest BCUT2D eigenvalue weighted by molar-refractivity contribution is 4.98. The van der Waals surface area contributed by atoms with E-state index in [0.29, 0.717) is 18.1 Å². The molecule has 18 heavy (non-hydrogen) atoms. The van der Waals surface area contributed by atoms with Crippen LogP contribution in [0.3, 0.4) is 0 Å². The van der Waals surface area contributed by atoms with Crippen LogP contribution < -0.4 is 5.32 Å². The van der Waals surface area contributed by atoms with E-state index in [9.17, 15) is 0 Å². The second-order valence-corrected chi connectivity index (χ2v) is 5.09. The van der Waals surface area contributed by atoms with E-state index in [1.165, 1.54) is 6.42 Å². The standard InChI is InChI=1S/C14H25N3O/c1-4-13-11(6-9-18-13)12(15-5-2)10-14-16-7-8-17(14)3/h7-8,11-13,15H,4-6,9-10H2,1-3H3. The maximum absolute atomic E-state index is 5.82. The second-order valence-electron chi connectivity index (χ2n) is 5.09. The zero-order valence-electron chi connectivity index (χ0n) is 11.7. The first-order valence-corrected chi connectivity index (χ1v) is 7.07. The van der Waals surface area contributed by atoms with E-state index in [0.717, 1.165) is 31.8 Å². The van der Waals surface area contributed by atoms with Gasteiger partial charge in [0.25, 0.3) is 0 Å². The number of hydrogen-bond acceptors (Lipinski definition) is 3. The first kappa shape index (κ1) is 13.6. The van der Waals surface area contributed by atoms with Gasteiger partial charge >= 0.3 is 0 Å². The van der Waals surface area contributed by atoms with Crippen LogP contribution in [-0.4, -0.2) is 34.8 Å². The monoisotopic (exact) mass is 251 g/mol. The molecule has 4 nitrogen and oxygen atoms in total. The fourth-order valence-corrected chi connectivity index (χ4v) is 2.97. The molecule has 1 aliphatic heterocycles. The topological polar surface area (TPSA) is 39.1 Å². The van der Waals surface area contributed by atoms with Crippen LogP contribution in [0.4, 0.5) is 0 Å². The van der Waals surface area contributed by atoms with Crippen molar-refractivity contribution >= 4 is 0 Å². The van der Waals surface area contributed by atoms with Crippen molar-refractivity contribution in [3.05, 3.63) is 18.2 Å². The Bertz CT molecular complexity index is 364. The van der Waals surface area contributed by atoms with Gasteiger partial charge in [0.2, 0.25) is 0 Å². The van der Waals surface area contributed by atoms with Crippen molar-refractivity contribution in [3.8, 4) is 0 Å². The van der Waals surface area contributed by atoms with Crippen LogP contribution in [-0.2, 0) is 18.2 Å². The molecule has 1 aromatic heterocycles. The number of rotatable bonds is 6. The molecule has 0 amide bonds. The van der Waals surface area contributed by atoms with Crippen molar-refractivity contribution in [1.29, 1.82) is 0 Å². The summed E-state index contributed by atoms with van der Waals surface area (Å²) in [6.07, 6.45) is 7.56. The zero-order chi connectivity index (χ0) is 13.0. The molecule has 1 N–H and O–H groups in total. The summed E-state index contributed by atoms with van der Waals surface area (Å²) in [6.45, 7) is 6.29. The van der Waals surface area contributed by atoms with Crippen LogP contribution in [0.2, 0.25) is 0 Å². The maximum Gasteiger partial charge on any atom is 0.109 e. The molecule has 3 atom stereocenters. The lowest BCUT2D eigenvalue weighted by Crippen LogP contribution is -2.42. The Morgan fingerprint density at radius 1 is 1.56 bits per heavy atom. The molecule has 2 heterocycles. The lowest BCUT2D eigenvalue weighted by Gasteiger charge is -2.27. The molecule has 1 aliphatic rings. The molecule has 1 aromatic rings. The first-order chi connectivity index (χ1) is 8.76. The molecular weight excluding hydrogens is 226 g/mol. The normalized spacial score (nSPS) is 25.5. The Balaban J connectivity index is 2.05. The number of imidazole rings is 1. The van der Waals surface area contributed by atoms with Gasteiger partial charge in [-0.1, -0.05) is 13.8 Å². The highest BCUT2D eigenvalue weighted by Crippen LogP contribution is 2.28. The molecular formula is C14H25N3O. The minimum absolute atomic E-state index is 0.411. The van der Waals surface area contributed by atoms with Gasteiger partial charge in [0.15, 0.2) is 0 Å². The summed E-state index contributed by atoms with van der Waals surface area (Å²) in [5.41, 5.74) is 0. The summed E-state index contributed by atoms with van der Waals surface area (Å²) >= 11 is 0. The van der Waals surface area contributed by atoms with Gasteiger partial charge in [0, 0.05) is 44.4 Å². The number of aromatic nitrogens is 2. The lowest BCUT2D eigenvalue weighted by atomic mass is 9.89. The van der Waals surface area contributed by atoms with Crippen molar-refractivity contribution in [2.24, 2.45) is 13.0 Å². The predicted octanol–water partition coefficient (Wildman–Crippen LogP) is 1.76. The van der Waals surface area contributed by atoms with E-state index < -0.39 is 0 Å². The van der Waals surface area contributed by atoms with E-state index in [4.69, 9.17) is 4.74 Å². The van der Waals surface area contributed by atoms with Crippen LogP contribution in [0.1, 0.15) is 32.5 Å². The third kappa shape index (κ3) is 2.93. The molecule has 0 spiro atoms. The van der Waals surface area contributed by atoms with Gasteiger partial charge in [0.1, 0.15) is 5.82 Å². The number of aryl methyl sites for hydroxylation is 1. The molecule has 2 rings (SSSR count). The van der Waals surface area contributed by atoms with Gasteiger partial charge in [-0.2, -0.15) is 0 Å². The SMILES string of the molecule is CCNC(Cc1nccn1C)C1CCOC1CC. The Morgan fingerprint density at radius 2 is 2.39 bits per heavy atom. The van der Waals surface area contributed by atoms with Crippen molar-refractivity contribution in [2.45, 2.75) is 45.3 Å². The fraction of sp³-hybridized carbons (Fsp3) is 0.786. The largest absolute Gasteiger partial charge is 0.378 e. The van der Waals surface area contributed by atoms with Crippen molar-refractivity contribution in [3.63, 3.8) is 0 Å². The predicted molar refractivity (Wildman–Crippen MR) is 72.5 cm³/mol. The molecule has 1 saturated heterocycles. The quantitative estimate of drug-likeness (QED) is 0.837.